The van der Waals surface area contributed by atoms with Crippen LogP contribution in [0.5, 0.6) is 0 Å². The van der Waals surface area contributed by atoms with E-state index < -0.39 is 28.2 Å². The van der Waals surface area contributed by atoms with Crippen molar-refractivity contribution in [1.29, 1.82) is 0 Å². The van der Waals surface area contributed by atoms with Crippen molar-refractivity contribution in [2.24, 2.45) is 11.7 Å². The van der Waals surface area contributed by atoms with Gasteiger partial charge in [-0.3, -0.25) is 4.79 Å². The third-order valence-corrected chi connectivity index (χ3v) is 6.93. The minimum absolute atomic E-state index is 0.0232. The molecule has 10 nitrogen and oxygen atoms in total. The summed E-state index contributed by atoms with van der Waals surface area (Å²) >= 11 is 0. The molecule has 1 aliphatic rings. The first-order valence-electron chi connectivity index (χ1n) is 9.65. The van der Waals surface area contributed by atoms with Crippen molar-refractivity contribution in [2.45, 2.75) is 56.2 Å². The molecule has 3 atom stereocenters. The first-order valence-corrected chi connectivity index (χ1v) is 11.1. The number of nitrogens with two attached hydrogens (primary N) is 1. The number of carbonyl (C=O) groups excluding carboxylic acids is 1. The van der Waals surface area contributed by atoms with Gasteiger partial charge in [0.15, 0.2) is 5.52 Å². The second-order valence-corrected chi connectivity index (χ2v) is 9.72. The second-order valence-electron chi connectivity index (χ2n) is 7.81. The highest BCUT2D eigenvalue weighted by Gasteiger charge is 2.35. The third-order valence-electron chi connectivity index (χ3n) is 5.03. The molecule has 160 valence electrons. The lowest BCUT2D eigenvalue weighted by atomic mass is 10.0. The zero-order chi connectivity index (χ0) is 21.2. The Morgan fingerprint density at radius 3 is 2.90 bits per heavy atom. The monoisotopic (exact) mass is 425 g/mol. The molecule has 0 bridgehead atoms. The number of aliphatic hydroxyl groups is 1. The van der Waals surface area contributed by atoms with Crippen LogP contribution in [-0.2, 0) is 14.8 Å². The molecule has 1 aliphatic heterocycles. The van der Waals surface area contributed by atoms with Crippen LogP contribution < -0.4 is 11.1 Å². The molecule has 1 fully saturated rings. The first-order chi connectivity index (χ1) is 13.7. The van der Waals surface area contributed by atoms with Crippen LogP contribution >= 0.6 is 0 Å². The van der Waals surface area contributed by atoms with Crippen LogP contribution in [0.15, 0.2) is 27.7 Å². The van der Waals surface area contributed by atoms with Gasteiger partial charge in [-0.15, -0.1) is 0 Å². The number of hydrogen-bond acceptors (Lipinski definition) is 8. The molecule has 4 N–H and O–H groups in total. The van der Waals surface area contributed by atoms with Gasteiger partial charge in [0.2, 0.25) is 15.9 Å². The summed E-state index contributed by atoms with van der Waals surface area (Å²) in [5.41, 5.74) is 6.40. The number of aromatic nitrogens is 2. The van der Waals surface area contributed by atoms with Crippen LogP contribution in [0.2, 0.25) is 0 Å². The van der Waals surface area contributed by atoms with E-state index in [0.29, 0.717) is 24.8 Å². The minimum atomic E-state index is -3.93. The van der Waals surface area contributed by atoms with Crippen LogP contribution in [0, 0.1) is 5.92 Å². The lowest BCUT2D eigenvalue weighted by molar-refractivity contribution is -0.124. The number of rotatable bonds is 6. The fourth-order valence-corrected chi connectivity index (χ4v) is 5.16. The predicted octanol–water partition coefficient (Wildman–Crippen LogP) is 0.226. The molecule has 11 heteroatoms. The summed E-state index contributed by atoms with van der Waals surface area (Å²) < 4.78 is 32.2. The summed E-state index contributed by atoms with van der Waals surface area (Å²) in [5.74, 6) is -0.0679. The van der Waals surface area contributed by atoms with E-state index in [1.807, 2.05) is 13.8 Å². The molecule has 1 saturated heterocycles. The Morgan fingerprint density at radius 1 is 1.41 bits per heavy atom. The SMILES string of the molecule is CC(C)C[C@H](N)C(=O)NC1CCCN(S(=O)(=O)c2cccc3nonc23)CC1O. The average molecular weight is 426 g/mol. The highest BCUT2D eigenvalue weighted by molar-refractivity contribution is 7.89. The largest absolute Gasteiger partial charge is 0.390 e. The molecule has 29 heavy (non-hydrogen) atoms. The van der Waals surface area contributed by atoms with Gasteiger partial charge in [-0.2, -0.15) is 4.31 Å². The summed E-state index contributed by atoms with van der Waals surface area (Å²) in [7, 11) is -3.93. The molecule has 1 aromatic heterocycles. The molecule has 0 radical (unpaired) electrons. The average Bonchev–Trinajstić information content (AvgIpc) is 3.06. The molecule has 1 aromatic carbocycles. The lowest BCUT2D eigenvalue weighted by Gasteiger charge is -2.26. The fourth-order valence-electron chi connectivity index (χ4n) is 3.53. The zero-order valence-corrected chi connectivity index (χ0v) is 17.3. The van der Waals surface area contributed by atoms with Gasteiger partial charge < -0.3 is 16.2 Å². The molecule has 2 unspecified atom stereocenters. The van der Waals surface area contributed by atoms with Crippen molar-refractivity contribution in [3.05, 3.63) is 18.2 Å². The maximum atomic E-state index is 13.2. The van der Waals surface area contributed by atoms with E-state index in [-0.39, 0.29) is 35.3 Å². The van der Waals surface area contributed by atoms with E-state index in [2.05, 4.69) is 20.3 Å². The maximum absolute atomic E-state index is 13.2. The minimum Gasteiger partial charge on any atom is -0.390 e. The van der Waals surface area contributed by atoms with Crippen molar-refractivity contribution in [1.82, 2.24) is 19.9 Å². The van der Waals surface area contributed by atoms with Gasteiger partial charge in [0.05, 0.1) is 18.2 Å². The molecule has 0 spiro atoms. The number of nitrogens with zero attached hydrogens (tertiary/aromatic N) is 3. The smallest absolute Gasteiger partial charge is 0.245 e. The van der Waals surface area contributed by atoms with Gasteiger partial charge in [-0.1, -0.05) is 19.9 Å². The van der Waals surface area contributed by atoms with Crippen molar-refractivity contribution in [3.63, 3.8) is 0 Å². The number of aliphatic hydroxyl groups excluding tert-OH is 1. The Labute approximate surface area is 169 Å². The number of nitrogens with one attached hydrogen (secondary N) is 1. The summed E-state index contributed by atoms with van der Waals surface area (Å²) in [6.07, 6.45) is 0.402. The van der Waals surface area contributed by atoms with Crippen molar-refractivity contribution < 1.29 is 22.9 Å². The van der Waals surface area contributed by atoms with Crippen molar-refractivity contribution in [2.75, 3.05) is 13.1 Å². The summed E-state index contributed by atoms with van der Waals surface area (Å²) in [6.45, 7) is 4.02. The van der Waals surface area contributed by atoms with Crippen LogP contribution in [-0.4, -0.2) is 65.3 Å². The highest BCUT2D eigenvalue weighted by Crippen LogP contribution is 2.25. The number of hydrogen-bond donors (Lipinski definition) is 3. The molecular formula is C18H27N5O5S. The Balaban J connectivity index is 1.74. The Hall–Kier alpha value is -2.08. The van der Waals surface area contributed by atoms with E-state index in [4.69, 9.17) is 5.73 Å². The number of benzene rings is 1. The van der Waals surface area contributed by atoms with Crippen molar-refractivity contribution >= 4 is 27.0 Å². The van der Waals surface area contributed by atoms with E-state index in [1.54, 1.807) is 12.1 Å². The van der Waals surface area contributed by atoms with Crippen molar-refractivity contribution in [3.8, 4) is 0 Å². The molecule has 1 amide bonds. The molecule has 0 saturated carbocycles. The van der Waals surface area contributed by atoms with E-state index >= 15 is 0 Å². The number of carbonyl (C=O) groups is 1. The maximum Gasteiger partial charge on any atom is 0.245 e. The van der Waals surface area contributed by atoms with Crippen LogP contribution in [0.3, 0.4) is 0 Å². The number of sulfonamides is 1. The first kappa shape index (κ1) is 21.6. The normalized spacial score (nSPS) is 22.5. The molecular weight excluding hydrogens is 398 g/mol. The Morgan fingerprint density at radius 2 is 2.17 bits per heavy atom. The van der Waals surface area contributed by atoms with Gasteiger partial charge in [-0.25, -0.2) is 13.0 Å². The summed E-state index contributed by atoms with van der Waals surface area (Å²) in [6, 6.07) is 3.37. The van der Waals surface area contributed by atoms with Gasteiger partial charge in [0, 0.05) is 13.1 Å². The standard InChI is InChI=1S/C18H27N5O5S/c1-11(2)9-12(19)18(25)20-13-6-4-8-23(10-15(13)24)29(26,27)16-7-3-5-14-17(16)22-28-21-14/h3,5,7,11-13,15,24H,4,6,8-10,19H2,1-2H3,(H,20,25)/t12-,13?,15?/m0/s1. The van der Waals surface area contributed by atoms with Crippen LogP contribution in [0.4, 0.5) is 0 Å². The molecule has 0 aliphatic carbocycles. The van der Waals surface area contributed by atoms with E-state index in [9.17, 15) is 18.3 Å². The molecule has 2 heterocycles. The topological polar surface area (TPSA) is 152 Å². The van der Waals surface area contributed by atoms with E-state index in [1.165, 1.54) is 10.4 Å². The molecule has 2 aromatic rings. The van der Waals surface area contributed by atoms with Gasteiger partial charge in [0.1, 0.15) is 10.4 Å². The third kappa shape index (κ3) is 4.74. The predicted molar refractivity (Wildman–Crippen MR) is 105 cm³/mol. The number of β-amino-alcohol motifs (C(OH)–C–C–N with tert-alkyl or cyclic N) is 1. The number of fused-ring (bicyclic) bond motifs is 1. The summed E-state index contributed by atoms with van der Waals surface area (Å²) in [5, 5.41) is 20.8. The Bertz CT molecular complexity index is 960. The Kier molecular flexibility index (Phi) is 6.52. The summed E-state index contributed by atoms with van der Waals surface area (Å²) in [4.78, 5) is 12.3. The van der Waals surface area contributed by atoms with Crippen LogP contribution in [0.1, 0.15) is 33.1 Å². The fraction of sp³-hybridized carbons (Fsp3) is 0.611. The quantitative estimate of drug-likeness (QED) is 0.595. The number of amides is 1. The van der Waals surface area contributed by atoms with Gasteiger partial charge >= 0.3 is 0 Å². The van der Waals surface area contributed by atoms with E-state index in [0.717, 1.165) is 0 Å². The van der Waals surface area contributed by atoms with Gasteiger partial charge in [-0.05, 0) is 47.6 Å². The lowest BCUT2D eigenvalue weighted by Crippen LogP contribution is -2.51. The van der Waals surface area contributed by atoms with Gasteiger partial charge in [0.25, 0.3) is 0 Å². The second kappa shape index (κ2) is 8.74. The zero-order valence-electron chi connectivity index (χ0n) is 16.5. The van der Waals surface area contributed by atoms with Crippen LogP contribution in [0.25, 0.3) is 11.0 Å². The molecule has 3 rings (SSSR count). The highest BCUT2D eigenvalue weighted by atomic mass is 32.2.